The molecule has 0 spiro atoms. The highest BCUT2D eigenvalue weighted by Gasteiger charge is 2.18. The number of aryl methyl sites for hydroxylation is 1. The Labute approximate surface area is 127 Å². The summed E-state index contributed by atoms with van der Waals surface area (Å²) in [6.45, 7) is 1.57. The summed E-state index contributed by atoms with van der Waals surface area (Å²) in [6, 6.07) is 2.83. The highest BCUT2D eigenvalue weighted by Crippen LogP contribution is 2.27. The van der Waals surface area contributed by atoms with Crippen LogP contribution < -0.4 is 5.32 Å². The van der Waals surface area contributed by atoms with E-state index < -0.39 is 34.1 Å². The third-order valence-corrected chi connectivity index (χ3v) is 4.03. The normalized spacial score (nSPS) is 10.5. The van der Waals surface area contributed by atoms with Crippen LogP contribution in [0.4, 0.5) is 13.8 Å². The Bertz CT molecular complexity index is 745. The van der Waals surface area contributed by atoms with Crippen LogP contribution in [0.1, 0.15) is 25.6 Å². The molecule has 0 aliphatic carbocycles. The van der Waals surface area contributed by atoms with Gasteiger partial charge in [0.15, 0.2) is 0 Å². The molecule has 1 aromatic heterocycles. The number of aromatic carboxylic acids is 1. The number of nitrogens with one attached hydrogen (secondary N) is 1. The number of rotatable bonds is 3. The van der Waals surface area contributed by atoms with Gasteiger partial charge in [-0.2, -0.15) is 0 Å². The SMILES string of the molecule is Cc1cc(NC(=O)c2cc(F)c(Cl)cc2F)sc1C(=O)O. The molecule has 2 N–H and O–H groups in total. The summed E-state index contributed by atoms with van der Waals surface area (Å²) in [6.07, 6.45) is 0. The van der Waals surface area contributed by atoms with E-state index in [1.807, 2.05) is 0 Å². The Morgan fingerprint density at radius 2 is 1.90 bits per heavy atom. The Morgan fingerprint density at radius 3 is 2.48 bits per heavy atom. The van der Waals surface area contributed by atoms with Gasteiger partial charge in [0.05, 0.1) is 15.6 Å². The number of amides is 1. The monoisotopic (exact) mass is 331 g/mol. The fourth-order valence-electron chi connectivity index (χ4n) is 1.63. The van der Waals surface area contributed by atoms with Crippen LogP contribution in [0.25, 0.3) is 0 Å². The fraction of sp³-hybridized carbons (Fsp3) is 0.0769. The molecule has 8 heteroatoms. The van der Waals surface area contributed by atoms with Gasteiger partial charge in [0, 0.05) is 0 Å². The van der Waals surface area contributed by atoms with Gasteiger partial charge in [0.2, 0.25) is 0 Å². The number of carbonyl (C=O) groups is 2. The number of carboxylic acids is 1. The molecule has 0 bridgehead atoms. The van der Waals surface area contributed by atoms with Crippen LogP contribution in [-0.2, 0) is 0 Å². The van der Waals surface area contributed by atoms with Crippen LogP contribution in [0, 0.1) is 18.6 Å². The van der Waals surface area contributed by atoms with E-state index in [0.29, 0.717) is 17.7 Å². The maximum absolute atomic E-state index is 13.6. The first-order valence-electron chi connectivity index (χ1n) is 5.59. The highest BCUT2D eigenvalue weighted by molar-refractivity contribution is 7.18. The maximum Gasteiger partial charge on any atom is 0.346 e. The summed E-state index contributed by atoms with van der Waals surface area (Å²) < 4.78 is 26.9. The van der Waals surface area contributed by atoms with E-state index in [-0.39, 0.29) is 9.88 Å². The molecule has 0 fully saturated rings. The third kappa shape index (κ3) is 3.20. The van der Waals surface area contributed by atoms with Gasteiger partial charge >= 0.3 is 5.97 Å². The summed E-state index contributed by atoms with van der Waals surface area (Å²) in [5.41, 5.74) is -0.0506. The van der Waals surface area contributed by atoms with Gasteiger partial charge < -0.3 is 10.4 Å². The summed E-state index contributed by atoms with van der Waals surface area (Å²) in [5, 5.41) is 11.0. The number of benzene rings is 1. The minimum Gasteiger partial charge on any atom is -0.477 e. The lowest BCUT2D eigenvalue weighted by atomic mass is 10.2. The van der Waals surface area contributed by atoms with Crippen LogP contribution >= 0.6 is 22.9 Å². The van der Waals surface area contributed by atoms with Crippen LogP contribution in [0.3, 0.4) is 0 Å². The molecule has 0 saturated carbocycles. The summed E-state index contributed by atoms with van der Waals surface area (Å²) in [4.78, 5) is 22.9. The van der Waals surface area contributed by atoms with Gasteiger partial charge in [-0.1, -0.05) is 11.6 Å². The van der Waals surface area contributed by atoms with Crippen molar-refractivity contribution in [2.24, 2.45) is 0 Å². The molecule has 1 heterocycles. The molecule has 0 radical (unpaired) electrons. The molecule has 110 valence electrons. The minimum atomic E-state index is -1.12. The minimum absolute atomic E-state index is 0.0630. The van der Waals surface area contributed by atoms with Crippen LogP contribution in [-0.4, -0.2) is 17.0 Å². The zero-order valence-corrected chi connectivity index (χ0v) is 12.1. The van der Waals surface area contributed by atoms with Crippen molar-refractivity contribution in [1.29, 1.82) is 0 Å². The number of carboxylic acid groups (broad SMARTS) is 1. The Hall–Kier alpha value is -1.99. The van der Waals surface area contributed by atoms with Crippen LogP contribution in [0.15, 0.2) is 18.2 Å². The lowest BCUT2D eigenvalue weighted by Crippen LogP contribution is -2.13. The predicted molar refractivity (Wildman–Crippen MR) is 75.3 cm³/mol. The Morgan fingerprint density at radius 1 is 1.24 bits per heavy atom. The topological polar surface area (TPSA) is 66.4 Å². The summed E-state index contributed by atoms with van der Waals surface area (Å²) in [5.74, 6) is -3.90. The molecular weight excluding hydrogens is 324 g/mol. The first-order chi connectivity index (χ1) is 9.79. The zero-order valence-electron chi connectivity index (χ0n) is 10.5. The molecule has 0 unspecified atom stereocenters. The summed E-state index contributed by atoms with van der Waals surface area (Å²) in [7, 11) is 0. The highest BCUT2D eigenvalue weighted by atomic mass is 35.5. The number of carbonyl (C=O) groups excluding carboxylic acids is 1. The maximum atomic E-state index is 13.6. The van der Waals surface area contributed by atoms with E-state index in [1.165, 1.54) is 6.07 Å². The van der Waals surface area contributed by atoms with Crippen molar-refractivity contribution in [2.45, 2.75) is 6.92 Å². The fourth-order valence-corrected chi connectivity index (χ4v) is 2.69. The van der Waals surface area contributed by atoms with Crippen LogP contribution in [0.5, 0.6) is 0 Å². The summed E-state index contributed by atoms with van der Waals surface area (Å²) >= 11 is 6.23. The number of anilines is 1. The first-order valence-corrected chi connectivity index (χ1v) is 6.78. The van der Waals surface area contributed by atoms with Gasteiger partial charge in [0.25, 0.3) is 5.91 Å². The van der Waals surface area contributed by atoms with Gasteiger partial charge in [0.1, 0.15) is 16.5 Å². The lowest BCUT2D eigenvalue weighted by Gasteiger charge is -2.05. The second-order valence-electron chi connectivity index (χ2n) is 4.13. The average Bonchev–Trinajstić information content (AvgIpc) is 2.74. The van der Waals surface area contributed by atoms with E-state index in [0.717, 1.165) is 11.3 Å². The number of hydrogen-bond donors (Lipinski definition) is 2. The predicted octanol–water partition coefficient (Wildman–Crippen LogP) is 3.94. The lowest BCUT2D eigenvalue weighted by molar-refractivity contribution is 0.0701. The van der Waals surface area contributed by atoms with Crippen molar-refractivity contribution >= 4 is 39.8 Å². The van der Waals surface area contributed by atoms with Crippen molar-refractivity contribution in [1.82, 2.24) is 0 Å². The molecule has 21 heavy (non-hydrogen) atoms. The van der Waals surface area contributed by atoms with E-state index in [1.54, 1.807) is 6.92 Å². The molecule has 1 aromatic carbocycles. The molecule has 2 rings (SSSR count). The second kappa shape index (κ2) is 5.79. The largest absolute Gasteiger partial charge is 0.477 e. The molecule has 2 aromatic rings. The van der Waals surface area contributed by atoms with Crippen molar-refractivity contribution in [3.05, 3.63) is 50.9 Å². The molecule has 1 amide bonds. The zero-order chi connectivity index (χ0) is 15.7. The molecule has 0 aliphatic rings. The molecular formula is C13H8ClF2NO3S. The number of hydrogen-bond acceptors (Lipinski definition) is 3. The van der Waals surface area contributed by atoms with E-state index >= 15 is 0 Å². The van der Waals surface area contributed by atoms with E-state index in [9.17, 15) is 18.4 Å². The quantitative estimate of drug-likeness (QED) is 0.837. The van der Waals surface area contributed by atoms with E-state index in [4.69, 9.17) is 16.7 Å². The van der Waals surface area contributed by atoms with Crippen LogP contribution in [0.2, 0.25) is 5.02 Å². The van der Waals surface area contributed by atoms with Gasteiger partial charge in [-0.15, -0.1) is 11.3 Å². The van der Waals surface area contributed by atoms with Crippen molar-refractivity contribution in [2.75, 3.05) is 5.32 Å². The van der Waals surface area contributed by atoms with Gasteiger partial charge in [-0.05, 0) is 30.7 Å². The van der Waals surface area contributed by atoms with Crippen molar-refractivity contribution in [3.63, 3.8) is 0 Å². The number of halogens is 3. The molecule has 0 saturated heterocycles. The van der Waals surface area contributed by atoms with Gasteiger partial charge in [-0.25, -0.2) is 13.6 Å². The standard InChI is InChI=1S/C13H8ClF2NO3S/c1-5-2-10(21-11(5)13(19)20)17-12(18)6-3-9(16)7(14)4-8(6)15/h2-4H,1H3,(H,17,18)(H,19,20). The van der Waals surface area contributed by atoms with E-state index in [2.05, 4.69) is 5.32 Å². The first kappa shape index (κ1) is 15.4. The second-order valence-corrected chi connectivity index (χ2v) is 5.59. The van der Waals surface area contributed by atoms with Crippen molar-refractivity contribution < 1.29 is 23.5 Å². The van der Waals surface area contributed by atoms with Crippen molar-refractivity contribution in [3.8, 4) is 0 Å². The number of thiophene rings is 1. The smallest absolute Gasteiger partial charge is 0.346 e. The Balaban J connectivity index is 2.28. The molecule has 4 nitrogen and oxygen atoms in total. The third-order valence-electron chi connectivity index (χ3n) is 2.60. The van der Waals surface area contributed by atoms with Gasteiger partial charge in [-0.3, -0.25) is 4.79 Å². The average molecular weight is 332 g/mol. The Kier molecular flexibility index (Phi) is 4.24. The molecule has 0 aliphatic heterocycles. The molecule has 0 atom stereocenters.